The summed E-state index contributed by atoms with van der Waals surface area (Å²) in [5.41, 5.74) is 1.29. The molecule has 2 rings (SSSR count). The van der Waals surface area contributed by atoms with E-state index in [2.05, 4.69) is 34.6 Å². The maximum absolute atomic E-state index is 12.0. The Morgan fingerprint density at radius 1 is 1.33 bits per heavy atom. The summed E-state index contributed by atoms with van der Waals surface area (Å²) in [5.74, 6) is 0.417. The Hall–Kier alpha value is -1.62. The highest BCUT2D eigenvalue weighted by molar-refractivity contribution is 5.74. The van der Waals surface area contributed by atoms with Crippen molar-refractivity contribution in [2.75, 3.05) is 26.3 Å². The van der Waals surface area contributed by atoms with Crippen molar-refractivity contribution in [2.24, 2.45) is 5.92 Å². The van der Waals surface area contributed by atoms with Gasteiger partial charge in [-0.25, -0.2) is 4.79 Å². The molecule has 0 aromatic heterocycles. The number of alkyl halides is 1. The quantitative estimate of drug-likeness (QED) is 0.790. The molecule has 21 heavy (non-hydrogen) atoms. The van der Waals surface area contributed by atoms with Gasteiger partial charge in [0.05, 0.1) is 6.67 Å². The maximum Gasteiger partial charge on any atom is 0.315 e. The van der Waals surface area contributed by atoms with Crippen LogP contribution in [-0.4, -0.2) is 43.3 Å². The van der Waals surface area contributed by atoms with E-state index in [-0.39, 0.29) is 12.1 Å². The number of carbonyl (C=O) groups excluding carboxylic acids is 1. The Labute approximate surface area is 125 Å². The van der Waals surface area contributed by atoms with Gasteiger partial charge in [-0.1, -0.05) is 37.3 Å². The predicted octanol–water partition coefficient (Wildman–Crippen LogP) is 2.17. The first kappa shape index (κ1) is 15.8. The smallest absolute Gasteiger partial charge is 0.315 e. The number of benzene rings is 1. The first-order valence-electron chi connectivity index (χ1n) is 7.55. The van der Waals surface area contributed by atoms with Gasteiger partial charge in [0.25, 0.3) is 0 Å². The summed E-state index contributed by atoms with van der Waals surface area (Å²) < 4.78 is 12.0. The van der Waals surface area contributed by atoms with E-state index in [0.717, 1.165) is 19.6 Å². The largest absolute Gasteiger partial charge is 0.338 e. The predicted molar refractivity (Wildman–Crippen MR) is 81.8 cm³/mol. The first-order chi connectivity index (χ1) is 10.2. The zero-order valence-corrected chi connectivity index (χ0v) is 12.5. The Kier molecular flexibility index (Phi) is 5.99. The molecule has 2 N–H and O–H groups in total. The molecule has 1 fully saturated rings. The molecule has 0 aliphatic carbocycles. The minimum absolute atomic E-state index is 0.152. The van der Waals surface area contributed by atoms with Gasteiger partial charge in [0.15, 0.2) is 0 Å². The molecule has 2 atom stereocenters. The number of hydrogen-bond acceptors (Lipinski definition) is 2. The van der Waals surface area contributed by atoms with Crippen molar-refractivity contribution in [3.8, 4) is 0 Å². The minimum Gasteiger partial charge on any atom is -0.338 e. The molecule has 0 bridgehead atoms. The molecule has 2 amide bonds. The minimum atomic E-state index is -0.398. The number of hydrogen-bond donors (Lipinski definition) is 2. The van der Waals surface area contributed by atoms with Gasteiger partial charge < -0.3 is 10.6 Å². The normalized spacial score (nSPS) is 22.2. The number of likely N-dealkylation sites (tertiary alicyclic amines) is 1. The number of nitrogens with one attached hydrogen (secondary N) is 2. The molecule has 1 aromatic rings. The highest BCUT2D eigenvalue weighted by atomic mass is 19.1. The Morgan fingerprint density at radius 3 is 2.81 bits per heavy atom. The van der Waals surface area contributed by atoms with Crippen LogP contribution in [0.5, 0.6) is 0 Å². The summed E-state index contributed by atoms with van der Waals surface area (Å²) in [6, 6.07) is 10.3. The summed E-state index contributed by atoms with van der Waals surface area (Å²) in [5, 5.41) is 5.68. The molecule has 116 valence electrons. The second kappa shape index (κ2) is 7.98. The van der Waals surface area contributed by atoms with E-state index in [0.29, 0.717) is 18.9 Å². The van der Waals surface area contributed by atoms with Gasteiger partial charge in [-0.05, 0) is 17.9 Å². The van der Waals surface area contributed by atoms with Crippen LogP contribution in [0.1, 0.15) is 18.9 Å². The highest BCUT2D eigenvalue weighted by Crippen LogP contribution is 2.18. The molecule has 0 saturated carbocycles. The molecule has 4 nitrogen and oxygen atoms in total. The number of nitrogens with zero attached hydrogens (tertiary/aromatic N) is 1. The molecule has 1 saturated heterocycles. The standard InChI is InChI=1S/C16H24FN3O/c1-13-10-20(11-14-6-3-2-4-7-14)12-15(13)19-16(21)18-9-5-8-17/h2-4,6-7,13,15H,5,8-12H2,1H3,(H2,18,19,21)/t13-,15+/m1/s1. The van der Waals surface area contributed by atoms with Crippen LogP contribution in [0.3, 0.4) is 0 Å². The maximum atomic E-state index is 12.0. The van der Waals surface area contributed by atoms with Crippen LogP contribution in [0.4, 0.5) is 9.18 Å². The third kappa shape index (κ3) is 5.01. The van der Waals surface area contributed by atoms with Gasteiger partial charge >= 0.3 is 6.03 Å². The molecule has 1 aliphatic rings. The van der Waals surface area contributed by atoms with Crippen LogP contribution < -0.4 is 10.6 Å². The zero-order valence-electron chi connectivity index (χ0n) is 12.5. The van der Waals surface area contributed by atoms with Crippen LogP contribution >= 0.6 is 0 Å². The number of halogens is 1. The van der Waals surface area contributed by atoms with E-state index in [1.807, 2.05) is 18.2 Å². The molecular formula is C16H24FN3O. The average molecular weight is 293 g/mol. The fraction of sp³-hybridized carbons (Fsp3) is 0.562. The zero-order chi connectivity index (χ0) is 15.1. The van der Waals surface area contributed by atoms with Crippen molar-refractivity contribution >= 4 is 6.03 Å². The Bertz CT molecular complexity index is 440. The summed E-state index contributed by atoms with van der Waals surface area (Å²) >= 11 is 0. The van der Waals surface area contributed by atoms with Crippen molar-refractivity contribution < 1.29 is 9.18 Å². The lowest BCUT2D eigenvalue weighted by Crippen LogP contribution is -2.45. The molecule has 0 unspecified atom stereocenters. The van der Waals surface area contributed by atoms with E-state index in [4.69, 9.17) is 0 Å². The molecule has 0 spiro atoms. The van der Waals surface area contributed by atoms with Crippen molar-refractivity contribution in [1.29, 1.82) is 0 Å². The van der Waals surface area contributed by atoms with E-state index in [9.17, 15) is 9.18 Å². The van der Waals surface area contributed by atoms with Crippen molar-refractivity contribution in [3.05, 3.63) is 35.9 Å². The highest BCUT2D eigenvalue weighted by Gasteiger charge is 2.30. The van der Waals surface area contributed by atoms with Crippen molar-refractivity contribution in [3.63, 3.8) is 0 Å². The van der Waals surface area contributed by atoms with Gasteiger partial charge in [-0.2, -0.15) is 0 Å². The fourth-order valence-corrected chi connectivity index (χ4v) is 2.71. The van der Waals surface area contributed by atoms with Crippen LogP contribution in [0.2, 0.25) is 0 Å². The fourth-order valence-electron chi connectivity index (χ4n) is 2.71. The van der Waals surface area contributed by atoms with E-state index in [1.54, 1.807) is 0 Å². The topological polar surface area (TPSA) is 44.4 Å². The summed E-state index contributed by atoms with van der Waals surface area (Å²) in [6.07, 6.45) is 0.369. The summed E-state index contributed by atoms with van der Waals surface area (Å²) in [7, 11) is 0. The van der Waals surface area contributed by atoms with Crippen molar-refractivity contribution in [1.82, 2.24) is 15.5 Å². The van der Waals surface area contributed by atoms with Gasteiger partial charge in [-0.15, -0.1) is 0 Å². The van der Waals surface area contributed by atoms with Gasteiger partial charge in [-0.3, -0.25) is 9.29 Å². The average Bonchev–Trinajstić information content (AvgIpc) is 2.80. The van der Waals surface area contributed by atoms with Crippen LogP contribution in [-0.2, 0) is 6.54 Å². The molecule has 0 radical (unpaired) electrons. The Morgan fingerprint density at radius 2 is 2.10 bits per heavy atom. The monoisotopic (exact) mass is 293 g/mol. The van der Waals surface area contributed by atoms with Gasteiger partial charge in [0, 0.05) is 32.2 Å². The van der Waals surface area contributed by atoms with E-state index >= 15 is 0 Å². The first-order valence-corrected chi connectivity index (χ1v) is 7.55. The van der Waals surface area contributed by atoms with Crippen LogP contribution in [0.15, 0.2) is 30.3 Å². The lowest BCUT2D eigenvalue weighted by molar-refractivity contribution is 0.234. The molecule has 1 heterocycles. The second-order valence-electron chi connectivity index (χ2n) is 5.71. The lowest BCUT2D eigenvalue weighted by atomic mass is 10.1. The second-order valence-corrected chi connectivity index (χ2v) is 5.71. The molecular weight excluding hydrogens is 269 g/mol. The molecule has 1 aromatic carbocycles. The van der Waals surface area contributed by atoms with Gasteiger partial charge in [0.2, 0.25) is 0 Å². The van der Waals surface area contributed by atoms with Crippen LogP contribution in [0.25, 0.3) is 0 Å². The van der Waals surface area contributed by atoms with E-state index < -0.39 is 6.67 Å². The third-order valence-corrected chi connectivity index (χ3v) is 3.85. The Balaban J connectivity index is 1.77. The van der Waals surface area contributed by atoms with Crippen LogP contribution in [0, 0.1) is 5.92 Å². The summed E-state index contributed by atoms with van der Waals surface area (Å²) in [6.45, 7) is 4.88. The van der Waals surface area contributed by atoms with Gasteiger partial charge in [0.1, 0.15) is 0 Å². The molecule has 1 aliphatic heterocycles. The SMILES string of the molecule is C[C@@H]1CN(Cc2ccccc2)C[C@@H]1NC(=O)NCCCF. The summed E-state index contributed by atoms with van der Waals surface area (Å²) in [4.78, 5) is 14.1. The lowest BCUT2D eigenvalue weighted by Gasteiger charge is -2.17. The third-order valence-electron chi connectivity index (χ3n) is 3.85. The number of rotatable bonds is 6. The number of amides is 2. The molecule has 5 heteroatoms. The number of urea groups is 1. The number of carbonyl (C=O) groups is 1. The van der Waals surface area contributed by atoms with Crippen molar-refractivity contribution in [2.45, 2.75) is 25.9 Å². The van der Waals surface area contributed by atoms with E-state index in [1.165, 1.54) is 5.56 Å².